The van der Waals surface area contributed by atoms with Crippen molar-refractivity contribution >= 4 is 36.6 Å². The van der Waals surface area contributed by atoms with Crippen LogP contribution in [-0.2, 0) is 23.4 Å². The van der Waals surface area contributed by atoms with Crippen LogP contribution in [0, 0.1) is 0 Å². The third-order valence-corrected chi connectivity index (χ3v) is 7.86. The predicted molar refractivity (Wildman–Crippen MR) is 144 cm³/mol. The molecular formula is C25H33FN7O6P. The Labute approximate surface area is 230 Å². The van der Waals surface area contributed by atoms with Gasteiger partial charge in [0.15, 0.2) is 23.2 Å². The second kappa shape index (κ2) is 11.7. The second-order valence-electron chi connectivity index (χ2n) is 10.1. The number of aromatic nitrogens is 4. The summed E-state index contributed by atoms with van der Waals surface area (Å²) in [6.45, 7) is 4.62. The maximum atomic E-state index is 15.3. The van der Waals surface area contributed by atoms with E-state index in [1.807, 2.05) is 0 Å². The zero-order valence-corrected chi connectivity index (χ0v) is 23.3. The number of nitrogens with two attached hydrogens (primary N) is 1. The van der Waals surface area contributed by atoms with Crippen LogP contribution in [0.1, 0.15) is 46.3 Å². The van der Waals surface area contributed by atoms with E-state index in [2.05, 4.69) is 25.4 Å². The highest BCUT2D eigenvalue weighted by atomic mass is 31.2. The number of carbonyl (C=O) groups excluding carboxylic acids is 1. The van der Waals surface area contributed by atoms with Gasteiger partial charge < -0.3 is 25.0 Å². The molecule has 0 bridgehead atoms. The first-order valence-corrected chi connectivity index (χ1v) is 14.7. The molecule has 0 unspecified atom stereocenters. The molecule has 5 atom stereocenters. The fourth-order valence-corrected chi connectivity index (χ4v) is 5.73. The summed E-state index contributed by atoms with van der Waals surface area (Å²) in [7, 11) is -4.12. The van der Waals surface area contributed by atoms with Gasteiger partial charge in [-0.25, -0.2) is 13.9 Å². The van der Waals surface area contributed by atoms with Crippen molar-refractivity contribution in [3.05, 3.63) is 36.7 Å². The number of benzene rings is 1. The van der Waals surface area contributed by atoms with Gasteiger partial charge in [0.05, 0.1) is 25.1 Å². The Bertz CT molecular complexity index is 1390. The van der Waals surface area contributed by atoms with Gasteiger partial charge in [-0.3, -0.25) is 13.9 Å². The van der Waals surface area contributed by atoms with E-state index in [4.69, 9.17) is 24.3 Å². The molecule has 1 saturated heterocycles. The number of rotatable bonds is 12. The smallest absolute Gasteiger partial charge is 0.459 e. The van der Waals surface area contributed by atoms with Crippen LogP contribution >= 0.6 is 7.75 Å². The van der Waals surface area contributed by atoms with Crippen molar-refractivity contribution in [1.29, 1.82) is 0 Å². The van der Waals surface area contributed by atoms with Gasteiger partial charge in [0, 0.05) is 12.5 Å². The number of nitrogens with one attached hydrogen (secondary N) is 2. The van der Waals surface area contributed by atoms with Gasteiger partial charge in [-0.2, -0.15) is 15.1 Å². The van der Waals surface area contributed by atoms with Gasteiger partial charge >= 0.3 is 13.7 Å². The number of alkyl halides is 1. The second-order valence-corrected chi connectivity index (χ2v) is 11.8. The molecule has 5 rings (SSSR count). The van der Waals surface area contributed by atoms with E-state index in [0.717, 1.165) is 12.8 Å². The maximum absolute atomic E-state index is 15.3. The van der Waals surface area contributed by atoms with Crippen molar-refractivity contribution in [2.45, 2.75) is 76.7 Å². The topological polar surface area (TPSA) is 165 Å². The quantitative estimate of drug-likeness (QED) is 0.211. The van der Waals surface area contributed by atoms with Gasteiger partial charge in [-0.05, 0) is 45.7 Å². The van der Waals surface area contributed by atoms with Crippen LogP contribution in [0.4, 0.5) is 16.2 Å². The zero-order valence-electron chi connectivity index (χ0n) is 22.4. The van der Waals surface area contributed by atoms with Crippen LogP contribution in [0.15, 0.2) is 36.7 Å². The van der Waals surface area contributed by atoms with Crippen LogP contribution in [0.5, 0.6) is 5.75 Å². The largest absolute Gasteiger partial charge is 0.462 e. The molecule has 1 aliphatic heterocycles. The normalized spacial score (nSPS) is 23.2. The zero-order chi connectivity index (χ0) is 28.4. The Hall–Kier alpha value is -3.32. The van der Waals surface area contributed by atoms with Gasteiger partial charge in [-0.15, -0.1) is 0 Å². The number of anilines is 2. The highest BCUT2D eigenvalue weighted by Gasteiger charge is 2.41. The fraction of sp³-hybridized carbons (Fsp3) is 0.520. The lowest BCUT2D eigenvalue weighted by Crippen LogP contribution is -2.36. The lowest BCUT2D eigenvalue weighted by atomic mass is 10.2. The summed E-state index contributed by atoms with van der Waals surface area (Å²) in [5.41, 5.74) is 6.71. The molecular weight excluding hydrogens is 544 g/mol. The van der Waals surface area contributed by atoms with Crippen molar-refractivity contribution in [3.63, 3.8) is 0 Å². The van der Waals surface area contributed by atoms with E-state index in [1.54, 1.807) is 44.2 Å². The molecule has 3 aromatic rings. The van der Waals surface area contributed by atoms with Crippen LogP contribution in [0.25, 0.3) is 11.2 Å². The van der Waals surface area contributed by atoms with Gasteiger partial charge in [0.1, 0.15) is 18.0 Å². The molecule has 1 aromatic carbocycles. The van der Waals surface area contributed by atoms with Crippen LogP contribution in [-0.4, -0.2) is 62.6 Å². The molecule has 216 valence electrons. The number of imidazole rings is 1. The van der Waals surface area contributed by atoms with Gasteiger partial charge in [0.25, 0.3) is 0 Å². The van der Waals surface area contributed by atoms with Crippen LogP contribution < -0.4 is 20.7 Å². The van der Waals surface area contributed by atoms with Crippen LogP contribution in [0.3, 0.4) is 0 Å². The van der Waals surface area contributed by atoms with Crippen molar-refractivity contribution in [2.75, 3.05) is 17.7 Å². The molecule has 0 spiro atoms. The standard InChI is InChI=1S/C25H33FN7O6P/c1-14(2)37-24(34)15(3)32-40(35,39-17-7-5-4-6-8-17)36-12-18-11-19(26)23(38-18)33-13-28-20-21(29-16-9-10-16)30-25(27)31-22(20)33/h4-8,13-16,18-19,23H,9-12H2,1-3H3,(H,32,35)(H3,27,29,30,31)/t15-,18-,19-,23+,40-/m0/s1. The van der Waals surface area contributed by atoms with Gasteiger partial charge in [0.2, 0.25) is 5.95 Å². The van der Waals surface area contributed by atoms with Crippen molar-refractivity contribution < 1.29 is 32.3 Å². The number of hydrogen-bond acceptors (Lipinski definition) is 11. The number of halogens is 1. The number of hydrogen-bond donors (Lipinski definition) is 3. The van der Waals surface area contributed by atoms with E-state index in [1.165, 1.54) is 17.8 Å². The summed E-state index contributed by atoms with van der Waals surface area (Å²) >= 11 is 0. The molecule has 2 aromatic heterocycles. The summed E-state index contributed by atoms with van der Waals surface area (Å²) in [6.07, 6.45) is -0.217. The highest BCUT2D eigenvalue weighted by molar-refractivity contribution is 7.52. The predicted octanol–water partition coefficient (Wildman–Crippen LogP) is 3.74. The lowest BCUT2D eigenvalue weighted by molar-refractivity contribution is -0.149. The van der Waals surface area contributed by atoms with E-state index < -0.39 is 38.3 Å². The molecule has 1 aliphatic carbocycles. The summed E-state index contributed by atoms with van der Waals surface area (Å²) in [5.74, 6) is 0.155. The average Bonchev–Trinajstić information content (AvgIpc) is 3.49. The number of nitrogen functional groups attached to an aromatic ring is 1. The average molecular weight is 578 g/mol. The summed E-state index contributed by atoms with van der Waals surface area (Å²) in [6, 6.07) is 7.66. The molecule has 40 heavy (non-hydrogen) atoms. The third-order valence-electron chi connectivity index (χ3n) is 6.22. The number of fused-ring (bicyclic) bond motifs is 1. The minimum Gasteiger partial charge on any atom is -0.462 e. The first-order valence-electron chi connectivity index (χ1n) is 13.1. The molecule has 15 heteroatoms. The molecule has 1 saturated carbocycles. The maximum Gasteiger partial charge on any atom is 0.459 e. The first-order chi connectivity index (χ1) is 19.1. The first kappa shape index (κ1) is 28.2. The highest BCUT2D eigenvalue weighted by Crippen LogP contribution is 2.46. The van der Waals surface area contributed by atoms with Crippen molar-refractivity contribution in [1.82, 2.24) is 24.6 Å². The Balaban J connectivity index is 1.29. The fourth-order valence-electron chi connectivity index (χ4n) is 4.21. The molecule has 2 fully saturated rings. The molecule has 2 aliphatic rings. The Morgan fingerprint density at radius 3 is 2.70 bits per heavy atom. The molecule has 0 amide bonds. The summed E-state index contributed by atoms with van der Waals surface area (Å²) < 4.78 is 52.9. The number of esters is 1. The number of ether oxygens (including phenoxy) is 2. The van der Waals surface area contributed by atoms with Crippen LogP contribution in [0.2, 0.25) is 0 Å². The molecule has 4 N–H and O–H groups in total. The van der Waals surface area contributed by atoms with E-state index in [0.29, 0.717) is 23.0 Å². The van der Waals surface area contributed by atoms with E-state index >= 15 is 4.39 Å². The van der Waals surface area contributed by atoms with E-state index in [-0.39, 0.29) is 30.8 Å². The van der Waals surface area contributed by atoms with Crippen molar-refractivity contribution in [2.24, 2.45) is 0 Å². The Kier molecular flexibility index (Phi) is 8.22. The Morgan fingerprint density at radius 1 is 1.25 bits per heavy atom. The minimum atomic E-state index is -4.12. The number of carbonyl (C=O) groups is 1. The number of nitrogens with zero attached hydrogens (tertiary/aromatic N) is 4. The summed E-state index contributed by atoms with van der Waals surface area (Å²) in [5, 5.41) is 5.88. The Morgan fingerprint density at radius 2 is 2.00 bits per heavy atom. The lowest BCUT2D eigenvalue weighted by Gasteiger charge is -2.24. The minimum absolute atomic E-state index is 0.0286. The summed E-state index contributed by atoms with van der Waals surface area (Å²) in [4.78, 5) is 25.2. The number of para-hydroxylation sites is 1. The molecule has 0 radical (unpaired) electrons. The third kappa shape index (κ3) is 6.69. The molecule has 13 nitrogen and oxygen atoms in total. The van der Waals surface area contributed by atoms with E-state index in [9.17, 15) is 9.36 Å². The van der Waals surface area contributed by atoms with Crippen molar-refractivity contribution in [3.8, 4) is 5.75 Å². The monoisotopic (exact) mass is 577 g/mol. The van der Waals surface area contributed by atoms with Gasteiger partial charge in [-0.1, -0.05) is 18.2 Å². The molecule has 3 heterocycles. The SMILES string of the molecule is CC(C)OC(=O)[C@H](C)N[P@](=O)(OC[C@@H]1C[C@H](F)[C@H](n2cnc3c(NC4CC4)nc(N)nc32)O1)Oc1ccccc1.